The Balaban J connectivity index is 1.79. The first-order valence-corrected chi connectivity index (χ1v) is 9.50. The van der Waals surface area contributed by atoms with Gasteiger partial charge in [0.25, 0.3) is 0 Å². The van der Waals surface area contributed by atoms with Crippen molar-refractivity contribution in [3.05, 3.63) is 71.9 Å². The van der Waals surface area contributed by atoms with Crippen LogP contribution in [-0.4, -0.2) is 17.1 Å². The molecular weight excluding hydrogens is 344 g/mol. The standard InChI is InChI=1S/C21H22N2O2S/c1-15(2)19-13-20(25-17-9-5-4-6-10-17)23-21(22-19)26-14-16-8-7-11-18(12-16)24-3/h4-13,15H,14H2,1-3H3. The van der Waals surface area contributed by atoms with Crippen LogP contribution in [0, 0.1) is 0 Å². The molecule has 26 heavy (non-hydrogen) atoms. The Hall–Kier alpha value is -2.53. The largest absolute Gasteiger partial charge is 0.497 e. The van der Waals surface area contributed by atoms with Crippen LogP contribution >= 0.6 is 11.8 Å². The zero-order valence-corrected chi connectivity index (χ0v) is 16.0. The van der Waals surface area contributed by atoms with Gasteiger partial charge in [-0.2, -0.15) is 4.98 Å². The van der Waals surface area contributed by atoms with Gasteiger partial charge in [-0.3, -0.25) is 0 Å². The molecular formula is C21H22N2O2S. The average molecular weight is 366 g/mol. The highest BCUT2D eigenvalue weighted by Crippen LogP contribution is 2.28. The van der Waals surface area contributed by atoms with Crippen LogP contribution in [0.3, 0.4) is 0 Å². The van der Waals surface area contributed by atoms with E-state index in [1.807, 2.05) is 54.6 Å². The molecule has 0 N–H and O–H groups in total. The van der Waals surface area contributed by atoms with E-state index in [1.54, 1.807) is 18.9 Å². The first-order chi connectivity index (χ1) is 12.6. The van der Waals surface area contributed by atoms with Crippen LogP contribution in [0.25, 0.3) is 0 Å². The van der Waals surface area contributed by atoms with Crippen LogP contribution in [0.2, 0.25) is 0 Å². The van der Waals surface area contributed by atoms with Gasteiger partial charge in [0.2, 0.25) is 5.88 Å². The number of thioether (sulfide) groups is 1. The van der Waals surface area contributed by atoms with Crippen molar-refractivity contribution < 1.29 is 9.47 Å². The van der Waals surface area contributed by atoms with E-state index in [2.05, 4.69) is 29.9 Å². The second-order valence-electron chi connectivity index (χ2n) is 6.12. The van der Waals surface area contributed by atoms with Crippen molar-refractivity contribution in [2.75, 3.05) is 7.11 Å². The lowest BCUT2D eigenvalue weighted by Gasteiger charge is -2.11. The van der Waals surface area contributed by atoms with Gasteiger partial charge in [0.05, 0.1) is 12.8 Å². The number of benzene rings is 2. The van der Waals surface area contributed by atoms with Gasteiger partial charge >= 0.3 is 0 Å². The zero-order chi connectivity index (χ0) is 18.4. The minimum absolute atomic E-state index is 0.298. The lowest BCUT2D eigenvalue weighted by Crippen LogP contribution is -1.99. The van der Waals surface area contributed by atoms with Gasteiger partial charge < -0.3 is 9.47 Å². The molecule has 0 unspecified atom stereocenters. The van der Waals surface area contributed by atoms with E-state index in [-0.39, 0.29) is 0 Å². The van der Waals surface area contributed by atoms with Gasteiger partial charge in [-0.15, -0.1) is 0 Å². The van der Waals surface area contributed by atoms with Gasteiger partial charge in [-0.05, 0) is 35.7 Å². The van der Waals surface area contributed by atoms with Gasteiger partial charge in [-0.25, -0.2) is 4.98 Å². The van der Waals surface area contributed by atoms with E-state index in [4.69, 9.17) is 9.47 Å². The maximum absolute atomic E-state index is 5.91. The highest BCUT2D eigenvalue weighted by Gasteiger charge is 2.10. The maximum Gasteiger partial charge on any atom is 0.223 e. The molecule has 5 heteroatoms. The molecule has 2 aromatic carbocycles. The number of aromatic nitrogens is 2. The molecule has 4 nitrogen and oxygen atoms in total. The summed E-state index contributed by atoms with van der Waals surface area (Å²) in [5.74, 6) is 3.26. The minimum atomic E-state index is 0.298. The Morgan fingerprint density at radius 1 is 0.923 bits per heavy atom. The SMILES string of the molecule is COc1cccc(CSc2nc(Oc3ccccc3)cc(C(C)C)n2)c1. The molecule has 134 valence electrons. The lowest BCUT2D eigenvalue weighted by atomic mass is 10.1. The van der Waals surface area contributed by atoms with Crippen molar-refractivity contribution in [1.29, 1.82) is 0 Å². The van der Waals surface area contributed by atoms with E-state index in [9.17, 15) is 0 Å². The topological polar surface area (TPSA) is 44.2 Å². The average Bonchev–Trinajstić information content (AvgIpc) is 2.67. The quantitative estimate of drug-likeness (QED) is 0.397. The van der Waals surface area contributed by atoms with Crippen molar-refractivity contribution in [3.63, 3.8) is 0 Å². The first-order valence-electron chi connectivity index (χ1n) is 8.51. The van der Waals surface area contributed by atoms with E-state index in [0.717, 1.165) is 22.9 Å². The van der Waals surface area contributed by atoms with Crippen molar-refractivity contribution in [3.8, 4) is 17.4 Å². The number of nitrogens with zero attached hydrogens (tertiary/aromatic N) is 2. The molecule has 0 amide bonds. The molecule has 0 saturated carbocycles. The summed E-state index contributed by atoms with van der Waals surface area (Å²) >= 11 is 1.59. The first kappa shape index (κ1) is 18.3. The normalized spacial score (nSPS) is 10.8. The molecule has 1 aromatic heterocycles. The molecule has 3 rings (SSSR count). The highest BCUT2D eigenvalue weighted by molar-refractivity contribution is 7.98. The molecule has 0 atom stereocenters. The third kappa shape index (κ3) is 4.99. The molecule has 0 aliphatic rings. The number of methoxy groups -OCH3 is 1. The van der Waals surface area contributed by atoms with E-state index < -0.39 is 0 Å². The van der Waals surface area contributed by atoms with Crippen molar-refractivity contribution in [2.24, 2.45) is 0 Å². The summed E-state index contributed by atoms with van der Waals surface area (Å²) in [5, 5.41) is 0.713. The van der Waals surface area contributed by atoms with Crippen LogP contribution in [0.5, 0.6) is 17.4 Å². The third-order valence-corrected chi connectivity index (χ3v) is 4.68. The number of para-hydroxylation sites is 1. The molecule has 3 aromatic rings. The van der Waals surface area contributed by atoms with E-state index in [0.29, 0.717) is 17.0 Å². The predicted molar refractivity (Wildman–Crippen MR) is 105 cm³/mol. The summed E-state index contributed by atoms with van der Waals surface area (Å²) in [4.78, 5) is 9.24. The van der Waals surface area contributed by atoms with E-state index in [1.165, 1.54) is 5.56 Å². The Labute approximate surface area is 158 Å². The van der Waals surface area contributed by atoms with E-state index >= 15 is 0 Å². The number of hydrogen-bond acceptors (Lipinski definition) is 5. The predicted octanol–water partition coefficient (Wildman–Crippen LogP) is 5.69. The smallest absolute Gasteiger partial charge is 0.223 e. The van der Waals surface area contributed by atoms with Crippen molar-refractivity contribution >= 4 is 11.8 Å². The number of rotatable bonds is 7. The van der Waals surface area contributed by atoms with Gasteiger partial charge in [0, 0.05) is 11.8 Å². The van der Waals surface area contributed by atoms with Gasteiger partial charge in [0.1, 0.15) is 11.5 Å². The Morgan fingerprint density at radius 2 is 1.69 bits per heavy atom. The summed E-state index contributed by atoms with van der Waals surface area (Å²) in [6.07, 6.45) is 0. The van der Waals surface area contributed by atoms with Crippen LogP contribution in [0.4, 0.5) is 0 Å². The Bertz CT molecular complexity index is 854. The summed E-state index contributed by atoms with van der Waals surface area (Å²) < 4.78 is 11.2. The maximum atomic E-state index is 5.91. The fourth-order valence-electron chi connectivity index (χ4n) is 2.35. The molecule has 0 fully saturated rings. The summed E-state index contributed by atoms with van der Waals surface area (Å²) in [6, 6.07) is 19.6. The zero-order valence-electron chi connectivity index (χ0n) is 15.2. The molecule has 0 aliphatic heterocycles. The fourth-order valence-corrected chi connectivity index (χ4v) is 3.15. The summed E-state index contributed by atoms with van der Waals surface area (Å²) in [7, 11) is 1.68. The third-order valence-electron chi connectivity index (χ3n) is 3.76. The lowest BCUT2D eigenvalue weighted by molar-refractivity contribution is 0.414. The van der Waals surface area contributed by atoms with Gasteiger partial charge in [-0.1, -0.05) is 55.9 Å². The Morgan fingerprint density at radius 3 is 2.42 bits per heavy atom. The Kier molecular flexibility index (Phi) is 6.12. The van der Waals surface area contributed by atoms with Crippen LogP contribution in [0.1, 0.15) is 31.0 Å². The summed E-state index contributed by atoms with van der Waals surface area (Å²) in [6.45, 7) is 4.23. The molecule has 0 aliphatic carbocycles. The summed E-state index contributed by atoms with van der Waals surface area (Å²) in [5.41, 5.74) is 2.14. The van der Waals surface area contributed by atoms with Crippen LogP contribution in [0.15, 0.2) is 65.8 Å². The number of hydrogen-bond donors (Lipinski definition) is 0. The van der Waals surface area contributed by atoms with Crippen molar-refractivity contribution in [1.82, 2.24) is 9.97 Å². The minimum Gasteiger partial charge on any atom is -0.497 e. The number of ether oxygens (including phenoxy) is 2. The van der Waals surface area contributed by atoms with Gasteiger partial charge in [0.15, 0.2) is 5.16 Å². The van der Waals surface area contributed by atoms with Crippen molar-refractivity contribution in [2.45, 2.75) is 30.7 Å². The molecule has 0 radical (unpaired) electrons. The van der Waals surface area contributed by atoms with Crippen LogP contribution < -0.4 is 9.47 Å². The molecule has 0 spiro atoms. The fraction of sp³-hybridized carbons (Fsp3) is 0.238. The second-order valence-corrected chi connectivity index (χ2v) is 7.07. The monoisotopic (exact) mass is 366 g/mol. The molecule has 0 bridgehead atoms. The molecule has 0 saturated heterocycles. The molecule has 1 heterocycles. The highest BCUT2D eigenvalue weighted by atomic mass is 32.2. The van der Waals surface area contributed by atoms with Crippen LogP contribution in [-0.2, 0) is 5.75 Å². The second kappa shape index (κ2) is 8.72.